The molecular formula is C13H15N3O2. The molecule has 0 saturated carbocycles. The van der Waals surface area contributed by atoms with Crippen LogP contribution in [0.5, 0.6) is 0 Å². The van der Waals surface area contributed by atoms with Gasteiger partial charge in [-0.2, -0.15) is 5.10 Å². The van der Waals surface area contributed by atoms with E-state index in [1.807, 2.05) is 30.3 Å². The Balaban J connectivity index is 1.91. The molecule has 0 fully saturated rings. The highest BCUT2D eigenvalue weighted by Gasteiger charge is 2.09. The lowest BCUT2D eigenvalue weighted by atomic mass is 10.2. The number of hydrogen-bond acceptors (Lipinski definition) is 4. The summed E-state index contributed by atoms with van der Waals surface area (Å²) in [4.78, 5) is 11.7. The molecule has 5 nitrogen and oxygen atoms in total. The van der Waals surface area contributed by atoms with Gasteiger partial charge in [0.15, 0.2) is 0 Å². The van der Waals surface area contributed by atoms with Gasteiger partial charge in [-0.1, -0.05) is 30.3 Å². The molecule has 2 rings (SSSR count). The number of carbonyl (C=O) groups is 1. The van der Waals surface area contributed by atoms with Gasteiger partial charge in [0.2, 0.25) is 0 Å². The van der Waals surface area contributed by atoms with Gasteiger partial charge < -0.3 is 10.5 Å². The molecule has 0 aliphatic rings. The summed E-state index contributed by atoms with van der Waals surface area (Å²) < 4.78 is 6.81. The topological polar surface area (TPSA) is 70.1 Å². The fraction of sp³-hybridized carbons (Fsp3) is 0.231. The summed E-state index contributed by atoms with van der Waals surface area (Å²) in [5.74, 6) is -0.373. The van der Waals surface area contributed by atoms with E-state index in [2.05, 4.69) is 5.10 Å². The largest absolute Gasteiger partial charge is 0.457 e. The average molecular weight is 245 g/mol. The Labute approximate surface area is 105 Å². The molecule has 18 heavy (non-hydrogen) atoms. The molecule has 0 saturated heterocycles. The van der Waals surface area contributed by atoms with E-state index in [0.717, 1.165) is 5.56 Å². The van der Waals surface area contributed by atoms with E-state index in [9.17, 15) is 4.79 Å². The molecule has 1 aromatic carbocycles. The van der Waals surface area contributed by atoms with Crippen molar-refractivity contribution in [1.82, 2.24) is 9.78 Å². The van der Waals surface area contributed by atoms with Gasteiger partial charge in [0.05, 0.1) is 18.3 Å². The van der Waals surface area contributed by atoms with E-state index in [-0.39, 0.29) is 12.6 Å². The standard InChI is InChI=1S/C13H15N3O2/c14-6-7-16-9-12(8-15-16)13(17)18-10-11-4-2-1-3-5-11/h1-5,8-9H,6-7,10,14H2. The van der Waals surface area contributed by atoms with Crippen molar-refractivity contribution in [2.24, 2.45) is 5.73 Å². The number of rotatable bonds is 5. The lowest BCUT2D eigenvalue weighted by Crippen LogP contribution is -2.10. The summed E-state index contributed by atoms with van der Waals surface area (Å²) in [6.45, 7) is 1.34. The zero-order valence-corrected chi connectivity index (χ0v) is 9.95. The van der Waals surface area contributed by atoms with Crippen LogP contribution in [0.25, 0.3) is 0 Å². The van der Waals surface area contributed by atoms with Gasteiger partial charge in [-0.3, -0.25) is 4.68 Å². The fourth-order valence-electron chi connectivity index (χ4n) is 1.53. The molecule has 1 aromatic heterocycles. The first-order valence-corrected chi connectivity index (χ1v) is 5.73. The molecular weight excluding hydrogens is 230 g/mol. The Morgan fingerprint density at radius 1 is 1.33 bits per heavy atom. The fourth-order valence-corrected chi connectivity index (χ4v) is 1.53. The van der Waals surface area contributed by atoms with Gasteiger partial charge >= 0.3 is 5.97 Å². The summed E-state index contributed by atoms with van der Waals surface area (Å²) in [7, 11) is 0. The highest BCUT2D eigenvalue weighted by atomic mass is 16.5. The smallest absolute Gasteiger partial charge is 0.341 e. The van der Waals surface area contributed by atoms with E-state index >= 15 is 0 Å². The third-order valence-electron chi connectivity index (χ3n) is 2.44. The summed E-state index contributed by atoms with van der Waals surface area (Å²) in [5, 5.41) is 4.02. The summed E-state index contributed by atoms with van der Waals surface area (Å²) in [6, 6.07) is 9.54. The Morgan fingerprint density at radius 3 is 2.83 bits per heavy atom. The normalized spacial score (nSPS) is 10.3. The van der Waals surface area contributed by atoms with E-state index in [4.69, 9.17) is 10.5 Å². The van der Waals surface area contributed by atoms with E-state index < -0.39 is 0 Å². The first-order chi connectivity index (χ1) is 8.79. The SMILES string of the molecule is NCCn1cc(C(=O)OCc2ccccc2)cn1. The minimum Gasteiger partial charge on any atom is -0.457 e. The summed E-state index contributed by atoms with van der Waals surface area (Å²) >= 11 is 0. The average Bonchev–Trinajstić information content (AvgIpc) is 2.86. The molecule has 0 aliphatic heterocycles. The zero-order valence-electron chi connectivity index (χ0n) is 9.95. The first-order valence-electron chi connectivity index (χ1n) is 5.73. The number of ether oxygens (including phenoxy) is 1. The maximum absolute atomic E-state index is 11.7. The summed E-state index contributed by atoms with van der Waals surface area (Å²) in [6.07, 6.45) is 3.13. The van der Waals surface area contributed by atoms with Gasteiger partial charge in [0, 0.05) is 12.7 Å². The van der Waals surface area contributed by atoms with Crippen molar-refractivity contribution >= 4 is 5.97 Å². The maximum atomic E-state index is 11.7. The van der Waals surface area contributed by atoms with Gasteiger partial charge in [-0.05, 0) is 5.56 Å². The third-order valence-corrected chi connectivity index (χ3v) is 2.44. The first kappa shape index (κ1) is 12.3. The van der Waals surface area contributed by atoms with Crippen LogP contribution in [0.3, 0.4) is 0 Å². The molecule has 0 amide bonds. The molecule has 2 N–H and O–H groups in total. The second-order valence-corrected chi connectivity index (χ2v) is 3.84. The zero-order chi connectivity index (χ0) is 12.8. The van der Waals surface area contributed by atoms with E-state index in [1.165, 1.54) is 6.20 Å². The van der Waals surface area contributed by atoms with Crippen molar-refractivity contribution in [3.05, 3.63) is 53.9 Å². The minimum atomic E-state index is -0.373. The van der Waals surface area contributed by atoms with Crippen LogP contribution >= 0.6 is 0 Å². The highest BCUT2D eigenvalue weighted by Crippen LogP contribution is 2.05. The molecule has 0 spiro atoms. The number of hydrogen-bond donors (Lipinski definition) is 1. The van der Waals surface area contributed by atoms with Crippen LogP contribution in [0.1, 0.15) is 15.9 Å². The van der Waals surface area contributed by atoms with E-state index in [1.54, 1.807) is 10.9 Å². The van der Waals surface area contributed by atoms with E-state index in [0.29, 0.717) is 18.7 Å². The van der Waals surface area contributed by atoms with Crippen LogP contribution in [-0.2, 0) is 17.9 Å². The van der Waals surface area contributed by atoms with Crippen LogP contribution in [-0.4, -0.2) is 22.3 Å². The van der Waals surface area contributed by atoms with Crippen molar-refractivity contribution in [1.29, 1.82) is 0 Å². The molecule has 2 aromatic rings. The Morgan fingerprint density at radius 2 is 2.11 bits per heavy atom. The van der Waals surface area contributed by atoms with Crippen molar-refractivity contribution < 1.29 is 9.53 Å². The lowest BCUT2D eigenvalue weighted by Gasteiger charge is -2.02. The number of benzene rings is 1. The van der Waals surface area contributed by atoms with Crippen molar-refractivity contribution in [2.75, 3.05) is 6.54 Å². The van der Waals surface area contributed by atoms with Crippen LogP contribution in [0.4, 0.5) is 0 Å². The van der Waals surface area contributed by atoms with Gasteiger partial charge in [0.1, 0.15) is 6.61 Å². The lowest BCUT2D eigenvalue weighted by molar-refractivity contribution is 0.0472. The van der Waals surface area contributed by atoms with Crippen LogP contribution < -0.4 is 5.73 Å². The number of nitrogens with zero attached hydrogens (tertiary/aromatic N) is 2. The third kappa shape index (κ3) is 3.18. The van der Waals surface area contributed by atoms with Crippen molar-refractivity contribution in [2.45, 2.75) is 13.2 Å². The van der Waals surface area contributed by atoms with Crippen molar-refractivity contribution in [3.8, 4) is 0 Å². The van der Waals surface area contributed by atoms with Crippen LogP contribution in [0.2, 0.25) is 0 Å². The Bertz CT molecular complexity index is 508. The number of carbonyl (C=O) groups excluding carboxylic acids is 1. The Hall–Kier alpha value is -2.14. The second kappa shape index (κ2) is 5.97. The van der Waals surface area contributed by atoms with Gasteiger partial charge in [-0.15, -0.1) is 0 Å². The monoisotopic (exact) mass is 245 g/mol. The predicted molar refractivity (Wildman–Crippen MR) is 66.8 cm³/mol. The number of esters is 1. The molecule has 0 aliphatic carbocycles. The Kier molecular flexibility index (Phi) is 4.09. The highest BCUT2D eigenvalue weighted by molar-refractivity contribution is 5.88. The van der Waals surface area contributed by atoms with Crippen LogP contribution in [0, 0.1) is 0 Å². The molecule has 94 valence electrons. The molecule has 5 heteroatoms. The predicted octanol–water partition coefficient (Wildman–Crippen LogP) is 1.20. The molecule has 0 bridgehead atoms. The van der Waals surface area contributed by atoms with Gasteiger partial charge in [0.25, 0.3) is 0 Å². The molecule has 0 unspecified atom stereocenters. The van der Waals surface area contributed by atoms with Crippen molar-refractivity contribution in [3.63, 3.8) is 0 Å². The minimum absolute atomic E-state index is 0.266. The number of aromatic nitrogens is 2. The number of nitrogens with two attached hydrogens (primary N) is 1. The van der Waals surface area contributed by atoms with Crippen LogP contribution in [0.15, 0.2) is 42.7 Å². The van der Waals surface area contributed by atoms with Gasteiger partial charge in [-0.25, -0.2) is 4.79 Å². The molecule has 1 heterocycles. The molecule has 0 atom stereocenters. The maximum Gasteiger partial charge on any atom is 0.341 e. The quantitative estimate of drug-likeness (QED) is 0.803. The molecule has 0 radical (unpaired) electrons. The summed E-state index contributed by atoms with van der Waals surface area (Å²) in [5.41, 5.74) is 6.81. The second-order valence-electron chi connectivity index (χ2n) is 3.84.